The molecule has 7 heteroatoms. The average Bonchev–Trinajstić information content (AvgIpc) is 2.96. The van der Waals surface area contributed by atoms with Crippen LogP contribution < -0.4 is 4.72 Å². The van der Waals surface area contributed by atoms with Gasteiger partial charge in [0, 0.05) is 23.4 Å². The Bertz CT molecular complexity index is 503. The van der Waals surface area contributed by atoms with Crippen molar-refractivity contribution < 1.29 is 18.3 Å². The molecule has 0 amide bonds. The summed E-state index contributed by atoms with van der Waals surface area (Å²) in [4.78, 5) is 0.844. The molecule has 2 heterocycles. The van der Waals surface area contributed by atoms with Gasteiger partial charge in [0.15, 0.2) is 0 Å². The van der Waals surface area contributed by atoms with Crippen molar-refractivity contribution in [2.24, 2.45) is 0 Å². The predicted octanol–water partition coefficient (Wildman–Crippen LogP) is 1.09. The van der Waals surface area contributed by atoms with Gasteiger partial charge in [-0.2, -0.15) is 0 Å². The highest BCUT2D eigenvalue weighted by atomic mass is 32.2. The number of aliphatic hydroxyl groups is 1. The molecule has 102 valence electrons. The van der Waals surface area contributed by atoms with Crippen molar-refractivity contribution in [1.29, 1.82) is 0 Å². The highest BCUT2D eigenvalue weighted by Gasteiger charge is 2.31. The molecule has 5 nitrogen and oxygen atoms in total. The smallest absolute Gasteiger partial charge is 0.241 e. The van der Waals surface area contributed by atoms with Gasteiger partial charge in [-0.05, 0) is 25.8 Å². The normalized spacial score (nSPS) is 24.6. The van der Waals surface area contributed by atoms with Crippen LogP contribution in [0.15, 0.2) is 16.3 Å². The highest BCUT2D eigenvalue weighted by molar-refractivity contribution is 7.89. The monoisotopic (exact) mass is 291 g/mol. The summed E-state index contributed by atoms with van der Waals surface area (Å²) in [6, 6.07) is 1.49. The van der Waals surface area contributed by atoms with E-state index >= 15 is 0 Å². The Labute approximate surface area is 111 Å². The van der Waals surface area contributed by atoms with Crippen LogP contribution in [0.2, 0.25) is 0 Å². The van der Waals surface area contributed by atoms with Crippen LogP contribution in [0.3, 0.4) is 0 Å². The summed E-state index contributed by atoms with van der Waals surface area (Å²) in [5.41, 5.74) is -0.400. The Kier molecular flexibility index (Phi) is 4.08. The van der Waals surface area contributed by atoms with Crippen LogP contribution in [-0.2, 0) is 21.4 Å². The zero-order valence-electron chi connectivity index (χ0n) is 10.2. The molecule has 18 heavy (non-hydrogen) atoms. The van der Waals surface area contributed by atoms with Gasteiger partial charge in [-0.25, -0.2) is 13.1 Å². The first-order chi connectivity index (χ1) is 8.45. The van der Waals surface area contributed by atoms with Gasteiger partial charge in [-0.3, -0.25) is 0 Å². The van der Waals surface area contributed by atoms with Gasteiger partial charge in [0.25, 0.3) is 0 Å². The fourth-order valence-corrected chi connectivity index (χ4v) is 4.18. The molecule has 0 bridgehead atoms. The van der Waals surface area contributed by atoms with E-state index in [1.807, 2.05) is 6.92 Å². The van der Waals surface area contributed by atoms with Gasteiger partial charge < -0.3 is 9.84 Å². The van der Waals surface area contributed by atoms with Crippen LogP contribution in [0.5, 0.6) is 0 Å². The zero-order chi connectivity index (χ0) is 13.2. The van der Waals surface area contributed by atoms with E-state index in [-0.39, 0.29) is 18.0 Å². The number of sulfonamides is 1. The molecule has 2 rings (SSSR count). The largest absolute Gasteiger partial charge is 0.391 e. The third-order valence-corrected chi connectivity index (χ3v) is 5.48. The minimum Gasteiger partial charge on any atom is -0.391 e. The second kappa shape index (κ2) is 5.26. The average molecular weight is 291 g/mol. The predicted molar refractivity (Wildman–Crippen MR) is 69.0 cm³/mol. The first-order valence-electron chi connectivity index (χ1n) is 5.77. The lowest BCUT2D eigenvalue weighted by molar-refractivity contribution is 0.0250. The number of aliphatic hydroxyl groups excluding tert-OH is 1. The van der Waals surface area contributed by atoms with Gasteiger partial charge in [0.2, 0.25) is 10.0 Å². The van der Waals surface area contributed by atoms with Crippen LogP contribution in [0.4, 0.5) is 0 Å². The lowest BCUT2D eigenvalue weighted by atomic mass is 10.0. The third kappa shape index (κ3) is 3.10. The van der Waals surface area contributed by atoms with Crippen molar-refractivity contribution in [1.82, 2.24) is 4.72 Å². The maximum Gasteiger partial charge on any atom is 0.241 e. The first-order valence-corrected chi connectivity index (χ1v) is 8.13. The van der Waals surface area contributed by atoms with Gasteiger partial charge in [0.05, 0.1) is 17.1 Å². The maximum atomic E-state index is 12.0. The van der Waals surface area contributed by atoms with Crippen LogP contribution >= 0.6 is 11.3 Å². The van der Waals surface area contributed by atoms with Crippen molar-refractivity contribution in [3.05, 3.63) is 16.3 Å². The van der Waals surface area contributed by atoms with Crippen molar-refractivity contribution in [2.45, 2.75) is 36.9 Å². The van der Waals surface area contributed by atoms with Crippen molar-refractivity contribution >= 4 is 21.4 Å². The number of hydrogen-bond acceptors (Lipinski definition) is 5. The molecular weight excluding hydrogens is 274 g/mol. The molecule has 1 aliphatic heterocycles. The van der Waals surface area contributed by atoms with E-state index in [1.165, 1.54) is 22.8 Å². The fourth-order valence-electron chi connectivity index (χ4n) is 1.89. The Morgan fingerprint density at radius 1 is 1.61 bits per heavy atom. The SMILES string of the molecule is CC1(CNS(=O)(=O)c2csc(CO)c2)CCCO1. The summed E-state index contributed by atoms with van der Waals surface area (Å²) in [6.45, 7) is 2.74. The summed E-state index contributed by atoms with van der Waals surface area (Å²) in [5, 5.41) is 10.5. The van der Waals surface area contributed by atoms with Gasteiger partial charge >= 0.3 is 0 Å². The molecule has 1 saturated heterocycles. The number of thiophene rings is 1. The van der Waals surface area contributed by atoms with Crippen LogP contribution in [0.25, 0.3) is 0 Å². The molecule has 1 fully saturated rings. The summed E-state index contributed by atoms with van der Waals surface area (Å²) in [5.74, 6) is 0. The summed E-state index contributed by atoms with van der Waals surface area (Å²) >= 11 is 1.23. The van der Waals surface area contributed by atoms with E-state index in [4.69, 9.17) is 9.84 Å². The van der Waals surface area contributed by atoms with E-state index < -0.39 is 15.6 Å². The summed E-state index contributed by atoms with van der Waals surface area (Å²) in [7, 11) is -3.51. The Balaban J connectivity index is 2.03. The van der Waals surface area contributed by atoms with Crippen molar-refractivity contribution in [2.75, 3.05) is 13.2 Å². The van der Waals surface area contributed by atoms with Crippen molar-refractivity contribution in [3.63, 3.8) is 0 Å². The van der Waals surface area contributed by atoms with Gasteiger partial charge in [0.1, 0.15) is 0 Å². The minimum atomic E-state index is -3.51. The molecule has 0 spiro atoms. The van der Waals surface area contributed by atoms with Crippen molar-refractivity contribution in [3.8, 4) is 0 Å². The standard InChI is InChI=1S/C11H17NO4S2/c1-11(3-2-4-16-11)8-12-18(14,15)10-5-9(6-13)17-7-10/h5,7,12-13H,2-4,6,8H2,1H3. The molecule has 1 aromatic heterocycles. The summed E-state index contributed by atoms with van der Waals surface area (Å²) in [6.07, 6.45) is 1.83. The van der Waals surface area contributed by atoms with Crippen LogP contribution in [0.1, 0.15) is 24.6 Å². The molecule has 0 aliphatic carbocycles. The number of rotatable bonds is 5. The second-order valence-electron chi connectivity index (χ2n) is 4.63. The first kappa shape index (κ1) is 14.0. The third-order valence-electron chi connectivity index (χ3n) is 3.03. The maximum absolute atomic E-state index is 12.0. The summed E-state index contributed by atoms with van der Waals surface area (Å²) < 4.78 is 32.1. The zero-order valence-corrected chi connectivity index (χ0v) is 11.8. The van der Waals surface area contributed by atoms with Gasteiger partial charge in [-0.1, -0.05) is 0 Å². The number of nitrogens with one attached hydrogen (secondary N) is 1. The van der Waals surface area contributed by atoms with E-state index in [0.717, 1.165) is 12.8 Å². The number of hydrogen-bond donors (Lipinski definition) is 2. The molecule has 0 aromatic carbocycles. The molecule has 1 atom stereocenters. The van der Waals surface area contributed by atoms with E-state index in [9.17, 15) is 8.42 Å². The van der Waals surface area contributed by atoms with E-state index in [1.54, 1.807) is 0 Å². The number of ether oxygens (including phenoxy) is 1. The topological polar surface area (TPSA) is 75.6 Å². The lowest BCUT2D eigenvalue weighted by Crippen LogP contribution is -2.39. The Morgan fingerprint density at radius 2 is 2.39 bits per heavy atom. The molecular formula is C11H17NO4S2. The Hall–Kier alpha value is -0.470. The minimum absolute atomic E-state index is 0.138. The molecule has 1 unspecified atom stereocenters. The van der Waals surface area contributed by atoms with E-state index in [2.05, 4.69) is 4.72 Å². The molecule has 1 aliphatic rings. The Morgan fingerprint density at radius 3 is 2.94 bits per heavy atom. The quantitative estimate of drug-likeness (QED) is 0.851. The molecule has 2 N–H and O–H groups in total. The van der Waals surface area contributed by atoms with Crippen LogP contribution in [0, 0.1) is 0 Å². The lowest BCUT2D eigenvalue weighted by Gasteiger charge is -2.23. The van der Waals surface area contributed by atoms with Crippen LogP contribution in [-0.4, -0.2) is 32.3 Å². The van der Waals surface area contributed by atoms with E-state index in [0.29, 0.717) is 11.5 Å². The molecule has 0 saturated carbocycles. The van der Waals surface area contributed by atoms with Gasteiger partial charge in [-0.15, -0.1) is 11.3 Å². The molecule has 1 aromatic rings. The fraction of sp³-hybridized carbons (Fsp3) is 0.636. The second-order valence-corrected chi connectivity index (χ2v) is 7.40. The highest BCUT2D eigenvalue weighted by Crippen LogP contribution is 2.25. The molecule has 0 radical (unpaired) electrons.